The molecule has 1 heterocycles. The Morgan fingerprint density at radius 2 is 1.95 bits per heavy atom. The highest BCUT2D eigenvalue weighted by atomic mass is 32.1. The first kappa shape index (κ1) is 15.9. The van der Waals surface area contributed by atoms with E-state index in [0.29, 0.717) is 16.1 Å². The lowest BCUT2D eigenvalue weighted by Gasteiger charge is -2.13. The molecule has 0 spiro atoms. The van der Waals surface area contributed by atoms with E-state index in [1.165, 1.54) is 25.2 Å². The molecule has 0 radical (unpaired) electrons. The molecule has 0 saturated carbocycles. The van der Waals surface area contributed by atoms with Gasteiger partial charge >= 0.3 is 5.97 Å². The van der Waals surface area contributed by atoms with Gasteiger partial charge in [0.05, 0.1) is 0 Å². The van der Waals surface area contributed by atoms with E-state index in [2.05, 4.69) is 5.32 Å². The van der Waals surface area contributed by atoms with Crippen molar-refractivity contribution in [3.63, 3.8) is 0 Å². The van der Waals surface area contributed by atoms with Crippen LogP contribution in [-0.4, -0.2) is 23.8 Å². The molecule has 1 atom stereocenters. The Morgan fingerprint density at radius 1 is 1.18 bits per heavy atom. The number of Topliss-reactive ketones (excluding diaryl/α,β-unsaturated/α-hetero) is 1. The van der Waals surface area contributed by atoms with Gasteiger partial charge in [-0.3, -0.25) is 9.59 Å². The van der Waals surface area contributed by atoms with Crippen LogP contribution < -0.4 is 5.32 Å². The van der Waals surface area contributed by atoms with E-state index in [1.807, 2.05) is 0 Å². The predicted octanol–water partition coefficient (Wildman–Crippen LogP) is 3.13. The van der Waals surface area contributed by atoms with Gasteiger partial charge in [0.2, 0.25) is 0 Å². The summed E-state index contributed by atoms with van der Waals surface area (Å²) < 4.78 is 5.10. The number of hydrogen-bond acceptors (Lipinski definition) is 5. The van der Waals surface area contributed by atoms with Gasteiger partial charge in [0.1, 0.15) is 4.88 Å². The van der Waals surface area contributed by atoms with Gasteiger partial charge in [0.25, 0.3) is 5.91 Å². The number of thiophene rings is 1. The minimum Gasteiger partial charge on any atom is -0.448 e. The summed E-state index contributed by atoms with van der Waals surface area (Å²) in [5, 5.41) is 4.38. The fourth-order valence-corrected chi connectivity index (χ4v) is 2.33. The van der Waals surface area contributed by atoms with Crippen LogP contribution in [-0.2, 0) is 9.53 Å². The minimum atomic E-state index is -0.935. The molecule has 1 aromatic heterocycles. The lowest BCUT2D eigenvalue weighted by Crippen LogP contribution is -2.29. The third kappa shape index (κ3) is 4.02. The molecule has 0 aliphatic heterocycles. The van der Waals surface area contributed by atoms with Crippen LogP contribution in [0.5, 0.6) is 0 Å². The van der Waals surface area contributed by atoms with Gasteiger partial charge in [-0.2, -0.15) is 0 Å². The van der Waals surface area contributed by atoms with E-state index in [1.54, 1.807) is 41.8 Å². The summed E-state index contributed by atoms with van der Waals surface area (Å²) in [4.78, 5) is 35.6. The molecule has 0 aliphatic rings. The quantitative estimate of drug-likeness (QED) is 0.679. The fraction of sp³-hybridized carbons (Fsp3) is 0.188. The van der Waals surface area contributed by atoms with Crippen LogP contribution in [0, 0.1) is 0 Å². The van der Waals surface area contributed by atoms with Gasteiger partial charge in [-0.25, -0.2) is 4.79 Å². The van der Waals surface area contributed by atoms with Crippen molar-refractivity contribution in [1.82, 2.24) is 0 Å². The number of hydrogen-bond donors (Lipinski definition) is 1. The van der Waals surface area contributed by atoms with Gasteiger partial charge < -0.3 is 10.1 Å². The molecule has 22 heavy (non-hydrogen) atoms. The van der Waals surface area contributed by atoms with Crippen molar-refractivity contribution in [2.45, 2.75) is 20.0 Å². The van der Waals surface area contributed by atoms with Crippen molar-refractivity contribution in [3.8, 4) is 0 Å². The first-order valence-electron chi connectivity index (χ1n) is 6.63. The Kier molecular flexibility index (Phi) is 5.06. The van der Waals surface area contributed by atoms with Gasteiger partial charge in [-0.15, -0.1) is 11.3 Å². The lowest BCUT2D eigenvalue weighted by molar-refractivity contribution is -0.123. The van der Waals surface area contributed by atoms with Crippen molar-refractivity contribution in [2.75, 3.05) is 5.32 Å². The average molecular weight is 317 g/mol. The van der Waals surface area contributed by atoms with Crippen molar-refractivity contribution in [3.05, 3.63) is 52.2 Å². The van der Waals surface area contributed by atoms with Gasteiger partial charge in [-0.05, 0) is 37.4 Å². The van der Waals surface area contributed by atoms with E-state index in [4.69, 9.17) is 4.74 Å². The number of ether oxygens (including phenoxy) is 1. The number of carbonyl (C=O) groups is 3. The number of anilines is 1. The van der Waals surface area contributed by atoms with Gasteiger partial charge in [0, 0.05) is 11.3 Å². The standard InChI is InChI=1S/C16H15NO4S/c1-10(18)12-5-3-6-13(9-12)17-15(19)11(2)21-16(20)14-7-4-8-22-14/h3-9,11H,1-2H3,(H,17,19)/t11-/m1/s1. The first-order valence-corrected chi connectivity index (χ1v) is 7.51. The smallest absolute Gasteiger partial charge is 0.349 e. The molecule has 1 amide bonds. The Hall–Kier alpha value is -2.47. The second-order valence-electron chi connectivity index (χ2n) is 4.65. The zero-order chi connectivity index (χ0) is 16.1. The summed E-state index contributed by atoms with van der Waals surface area (Å²) in [5.74, 6) is -1.07. The number of esters is 1. The highest BCUT2D eigenvalue weighted by Crippen LogP contribution is 2.14. The van der Waals surface area contributed by atoms with Crippen LogP contribution in [0.4, 0.5) is 5.69 Å². The van der Waals surface area contributed by atoms with Crippen LogP contribution in [0.15, 0.2) is 41.8 Å². The number of rotatable bonds is 5. The van der Waals surface area contributed by atoms with Crippen LogP contribution in [0.3, 0.4) is 0 Å². The molecular weight excluding hydrogens is 302 g/mol. The van der Waals surface area contributed by atoms with Gasteiger partial charge in [-0.1, -0.05) is 18.2 Å². The van der Waals surface area contributed by atoms with Crippen molar-refractivity contribution < 1.29 is 19.1 Å². The maximum atomic E-state index is 12.0. The number of nitrogens with one attached hydrogen (secondary N) is 1. The molecule has 114 valence electrons. The molecule has 0 fully saturated rings. The average Bonchev–Trinajstić information content (AvgIpc) is 3.01. The van der Waals surface area contributed by atoms with Gasteiger partial charge in [0.15, 0.2) is 11.9 Å². The van der Waals surface area contributed by atoms with E-state index in [-0.39, 0.29) is 5.78 Å². The molecular formula is C16H15NO4S. The maximum absolute atomic E-state index is 12.0. The highest BCUT2D eigenvalue weighted by Gasteiger charge is 2.19. The summed E-state index contributed by atoms with van der Waals surface area (Å²) in [6, 6.07) is 9.95. The Bertz CT molecular complexity index is 694. The number of amides is 1. The summed E-state index contributed by atoms with van der Waals surface area (Å²) in [6.07, 6.45) is -0.935. The third-order valence-electron chi connectivity index (χ3n) is 2.91. The zero-order valence-corrected chi connectivity index (χ0v) is 13.0. The largest absolute Gasteiger partial charge is 0.448 e. The summed E-state index contributed by atoms with van der Waals surface area (Å²) in [7, 11) is 0. The van der Waals surface area contributed by atoms with E-state index >= 15 is 0 Å². The molecule has 6 heteroatoms. The van der Waals surface area contributed by atoms with E-state index in [9.17, 15) is 14.4 Å². The van der Waals surface area contributed by atoms with Crippen LogP contribution >= 0.6 is 11.3 Å². The van der Waals surface area contributed by atoms with E-state index < -0.39 is 18.0 Å². The molecule has 0 aliphatic carbocycles. The molecule has 2 rings (SSSR count). The SMILES string of the molecule is CC(=O)c1cccc(NC(=O)[C@@H](C)OC(=O)c2cccs2)c1. The molecule has 1 N–H and O–H groups in total. The van der Waals surface area contributed by atoms with E-state index in [0.717, 1.165) is 0 Å². The monoisotopic (exact) mass is 317 g/mol. The normalized spacial score (nSPS) is 11.5. The summed E-state index contributed by atoms with van der Waals surface area (Å²) in [5.41, 5.74) is 0.984. The molecule has 2 aromatic rings. The number of carbonyl (C=O) groups excluding carboxylic acids is 3. The molecule has 0 unspecified atom stereocenters. The second-order valence-corrected chi connectivity index (χ2v) is 5.60. The van der Waals surface area contributed by atoms with Crippen molar-refractivity contribution in [1.29, 1.82) is 0 Å². The number of benzene rings is 1. The Morgan fingerprint density at radius 3 is 2.59 bits per heavy atom. The molecule has 0 bridgehead atoms. The number of ketones is 1. The predicted molar refractivity (Wildman–Crippen MR) is 84.3 cm³/mol. The second kappa shape index (κ2) is 7.00. The van der Waals surface area contributed by atoms with Crippen molar-refractivity contribution in [2.24, 2.45) is 0 Å². The van der Waals surface area contributed by atoms with Crippen molar-refractivity contribution >= 4 is 34.7 Å². The summed E-state index contributed by atoms with van der Waals surface area (Å²) >= 11 is 1.25. The highest BCUT2D eigenvalue weighted by molar-refractivity contribution is 7.11. The molecule has 5 nitrogen and oxygen atoms in total. The maximum Gasteiger partial charge on any atom is 0.349 e. The Labute approximate surface area is 131 Å². The van der Waals surface area contributed by atoms with Crippen LogP contribution in [0.1, 0.15) is 33.9 Å². The van der Waals surface area contributed by atoms with Crippen LogP contribution in [0.2, 0.25) is 0 Å². The van der Waals surface area contributed by atoms with Crippen LogP contribution in [0.25, 0.3) is 0 Å². The minimum absolute atomic E-state index is 0.0896. The molecule has 1 aromatic carbocycles. The molecule has 0 saturated heterocycles. The Balaban J connectivity index is 1.98. The zero-order valence-electron chi connectivity index (χ0n) is 12.2. The lowest BCUT2D eigenvalue weighted by atomic mass is 10.1. The first-order chi connectivity index (χ1) is 10.5. The topological polar surface area (TPSA) is 72.5 Å². The summed E-state index contributed by atoms with van der Waals surface area (Å²) in [6.45, 7) is 2.95. The fourth-order valence-electron chi connectivity index (χ4n) is 1.73. The third-order valence-corrected chi connectivity index (χ3v) is 3.76.